The number of nitrogens with one attached hydrogen (secondary N) is 1. The summed E-state index contributed by atoms with van der Waals surface area (Å²) >= 11 is 0. The highest BCUT2D eigenvalue weighted by Gasteiger charge is 2.60. The Morgan fingerprint density at radius 2 is 1.76 bits per heavy atom. The zero-order valence-corrected chi connectivity index (χ0v) is 20.4. The highest BCUT2D eigenvalue weighted by molar-refractivity contribution is 5.98. The number of benzene rings is 2. The van der Waals surface area contributed by atoms with Crippen LogP contribution < -0.4 is 16.6 Å². The number of hydrogen-bond acceptors (Lipinski definition) is 4. The maximum atomic E-state index is 14.0. The molecule has 34 heavy (non-hydrogen) atoms. The van der Waals surface area contributed by atoms with Crippen molar-refractivity contribution in [2.75, 3.05) is 11.9 Å². The van der Waals surface area contributed by atoms with Gasteiger partial charge in [-0.25, -0.2) is 13.8 Å². The topological polar surface area (TPSA) is 72.9 Å². The van der Waals surface area contributed by atoms with Gasteiger partial charge in [0.25, 0.3) is 11.5 Å². The molecule has 0 radical (unpaired) electrons. The largest absolute Gasteiger partial charge is 0.355 e. The average molecular weight is 469 g/mol. The highest BCUT2D eigenvalue weighted by Crippen LogP contribution is 2.55. The van der Waals surface area contributed by atoms with Crippen LogP contribution in [-0.4, -0.2) is 22.0 Å². The summed E-state index contributed by atoms with van der Waals surface area (Å²) in [6.45, 7) is 9.95. The smallest absolute Gasteiger partial charge is 0.262 e. The first-order valence-corrected chi connectivity index (χ1v) is 11.8. The molecule has 182 valence electrons. The summed E-state index contributed by atoms with van der Waals surface area (Å²) in [6, 6.07) is 13.5. The Hall–Kier alpha value is -3.06. The molecule has 0 spiro atoms. The van der Waals surface area contributed by atoms with Crippen LogP contribution in [0.15, 0.2) is 53.8 Å². The molecule has 7 heteroatoms. The van der Waals surface area contributed by atoms with Crippen molar-refractivity contribution >= 4 is 22.4 Å². The van der Waals surface area contributed by atoms with Crippen LogP contribution in [0.25, 0.3) is 16.5 Å². The molecule has 2 aliphatic carbocycles. The van der Waals surface area contributed by atoms with Gasteiger partial charge in [0, 0.05) is 26.6 Å². The van der Waals surface area contributed by atoms with Crippen LogP contribution in [-0.2, 0) is 13.6 Å². The Balaban J connectivity index is 0.000000268. The number of nitrogens with zero attached hydrogens (tertiary/aromatic N) is 2. The maximum absolute atomic E-state index is 14.0. The summed E-state index contributed by atoms with van der Waals surface area (Å²) in [4.78, 5) is 17.0. The van der Waals surface area contributed by atoms with Gasteiger partial charge in [-0.3, -0.25) is 9.36 Å². The molecule has 0 aliphatic heterocycles. The number of rotatable bonds is 5. The number of anilines is 1. The molecule has 1 aromatic heterocycles. The number of nitrogens with two attached hydrogens (primary N) is 1. The maximum Gasteiger partial charge on any atom is 0.262 e. The van der Waals surface area contributed by atoms with Gasteiger partial charge in [-0.1, -0.05) is 63.7 Å². The summed E-state index contributed by atoms with van der Waals surface area (Å²) in [5.41, 5.74) is 9.62. The lowest BCUT2D eigenvalue weighted by atomic mass is 9.63. The molecule has 2 aliphatic rings. The third-order valence-electron chi connectivity index (χ3n) is 6.88. The quantitative estimate of drug-likeness (QED) is 0.393. The second-order valence-corrected chi connectivity index (χ2v) is 8.53. The molecule has 1 atom stereocenters. The second-order valence-electron chi connectivity index (χ2n) is 8.53. The first-order chi connectivity index (χ1) is 16.2. The Morgan fingerprint density at radius 1 is 1.12 bits per heavy atom. The van der Waals surface area contributed by atoms with Crippen LogP contribution in [0, 0.1) is 5.41 Å². The van der Waals surface area contributed by atoms with Crippen LogP contribution in [0.1, 0.15) is 56.7 Å². The number of halogens is 2. The van der Waals surface area contributed by atoms with Crippen LogP contribution in [0.5, 0.6) is 0 Å². The minimum absolute atomic E-state index is 0.0794. The van der Waals surface area contributed by atoms with Gasteiger partial charge in [0.15, 0.2) is 0 Å². The van der Waals surface area contributed by atoms with Crippen molar-refractivity contribution in [3.05, 3.63) is 76.1 Å². The van der Waals surface area contributed by atoms with E-state index in [-0.39, 0.29) is 25.1 Å². The number of alkyl halides is 2. The predicted molar refractivity (Wildman–Crippen MR) is 136 cm³/mol. The van der Waals surface area contributed by atoms with Crippen molar-refractivity contribution in [2.45, 2.75) is 52.5 Å². The fraction of sp³-hybridized carbons (Fsp3) is 0.407. The first-order valence-electron chi connectivity index (χ1n) is 11.8. The molecule has 3 aromatic rings. The standard InChI is InChI=1S/C17H22F2N4O.C8H6.C2H6/c1-3-16(7-8-17(16,18)19)10-21-15-22-13-11(9-20)5-4-6-12(13)14(24)23(15)2;1-6-7-4-2-3-5-8(6)7;1-2/h4-6H,3,7-10,20H2,1-2H3,(H,21,22);2-5H,1H2;1-2H3. The number of hydrogen-bond donors (Lipinski definition) is 2. The SMILES string of the molecule is C=C1c2ccccc21.CC.CCC1(CNc2nc3c(CN)cccc3c(=O)n2C)CCC1(F)F. The van der Waals surface area contributed by atoms with Crippen molar-refractivity contribution in [1.29, 1.82) is 0 Å². The van der Waals surface area contributed by atoms with Crippen LogP contribution in [0.2, 0.25) is 0 Å². The van der Waals surface area contributed by atoms with Crippen LogP contribution >= 0.6 is 0 Å². The lowest BCUT2D eigenvalue weighted by Crippen LogP contribution is -2.54. The first kappa shape index (κ1) is 25.6. The van der Waals surface area contributed by atoms with Crippen LogP contribution in [0.3, 0.4) is 0 Å². The number of fused-ring (bicyclic) bond motifs is 2. The molecule has 1 heterocycles. The fourth-order valence-electron chi connectivity index (χ4n) is 4.31. The molecular formula is C27H34F2N4O. The lowest BCUT2D eigenvalue weighted by Gasteiger charge is -2.49. The van der Waals surface area contributed by atoms with E-state index < -0.39 is 11.3 Å². The number of para-hydroxylation sites is 1. The lowest BCUT2D eigenvalue weighted by molar-refractivity contribution is -0.196. The number of aromatic nitrogens is 2. The summed E-state index contributed by atoms with van der Waals surface area (Å²) in [5, 5.41) is 3.45. The minimum Gasteiger partial charge on any atom is -0.355 e. The van der Waals surface area contributed by atoms with E-state index in [2.05, 4.69) is 29.0 Å². The predicted octanol–water partition coefficient (Wildman–Crippen LogP) is 5.72. The third-order valence-corrected chi connectivity index (χ3v) is 6.88. The normalized spacial score (nSPS) is 19.1. The molecule has 0 amide bonds. The van der Waals surface area contributed by atoms with E-state index in [0.717, 1.165) is 5.56 Å². The van der Waals surface area contributed by atoms with Crippen molar-refractivity contribution in [3.63, 3.8) is 0 Å². The zero-order chi connectivity index (χ0) is 25.1. The van der Waals surface area contributed by atoms with E-state index in [1.807, 2.05) is 32.0 Å². The molecule has 5 rings (SSSR count). The van der Waals surface area contributed by atoms with Gasteiger partial charge in [0.1, 0.15) is 0 Å². The summed E-state index contributed by atoms with van der Waals surface area (Å²) < 4.78 is 29.3. The molecule has 1 unspecified atom stereocenters. The molecule has 0 saturated heterocycles. The van der Waals surface area contributed by atoms with Gasteiger partial charge in [-0.05, 0) is 41.2 Å². The van der Waals surface area contributed by atoms with E-state index in [0.29, 0.717) is 29.7 Å². The molecule has 1 saturated carbocycles. The van der Waals surface area contributed by atoms with Crippen molar-refractivity contribution in [3.8, 4) is 0 Å². The zero-order valence-electron chi connectivity index (χ0n) is 20.4. The molecule has 3 N–H and O–H groups in total. The molecular weight excluding hydrogens is 434 g/mol. The van der Waals surface area contributed by atoms with Gasteiger partial charge < -0.3 is 11.1 Å². The molecule has 1 fully saturated rings. The van der Waals surface area contributed by atoms with E-state index in [1.165, 1.54) is 21.3 Å². The average Bonchev–Trinajstić information content (AvgIpc) is 3.53. The van der Waals surface area contributed by atoms with Crippen LogP contribution in [0.4, 0.5) is 14.7 Å². The molecule has 2 aromatic carbocycles. The van der Waals surface area contributed by atoms with Crippen molar-refractivity contribution < 1.29 is 8.78 Å². The van der Waals surface area contributed by atoms with Gasteiger partial charge in [0.05, 0.1) is 16.3 Å². The summed E-state index contributed by atoms with van der Waals surface area (Å²) in [7, 11) is 1.59. The summed E-state index contributed by atoms with van der Waals surface area (Å²) in [6.07, 6.45) is 0.769. The second kappa shape index (κ2) is 10.1. The Morgan fingerprint density at radius 3 is 2.24 bits per heavy atom. The van der Waals surface area contributed by atoms with Crippen molar-refractivity contribution in [2.24, 2.45) is 18.2 Å². The van der Waals surface area contributed by atoms with Gasteiger partial charge in [-0.2, -0.15) is 0 Å². The fourth-order valence-corrected chi connectivity index (χ4v) is 4.31. The van der Waals surface area contributed by atoms with E-state index in [9.17, 15) is 13.6 Å². The van der Waals surface area contributed by atoms with E-state index in [4.69, 9.17) is 5.73 Å². The highest BCUT2D eigenvalue weighted by atomic mass is 19.3. The van der Waals surface area contributed by atoms with Crippen molar-refractivity contribution in [1.82, 2.24) is 9.55 Å². The molecule has 5 nitrogen and oxygen atoms in total. The van der Waals surface area contributed by atoms with Gasteiger partial charge in [-0.15, -0.1) is 0 Å². The van der Waals surface area contributed by atoms with E-state index >= 15 is 0 Å². The minimum atomic E-state index is -2.67. The van der Waals surface area contributed by atoms with Gasteiger partial charge in [0.2, 0.25) is 5.95 Å². The Labute approximate surface area is 199 Å². The monoisotopic (exact) mass is 468 g/mol. The third kappa shape index (κ3) is 4.49. The Kier molecular flexibility index (Phi) is 7.56. The van der Waals surface area contributed by atoms with E-state index in [1.54, 1.807) is 26.1 Å². The summed E-state index contributed by atoms with van der Waals surface area (Å²) in [5.74, 6) is -2.38. The van der Waals surface area contributed by atoms with Gasteiger partial charge >= 0.3 is 0 Å². The molecule has 0 bridgehead atoms. The Bertz CT molecular complexity index is 1220.